The van der Waals surface area contributed by atoms with Crippen LogP contribution in [0.1, 0.15) is 12.8 Å². The average Bonchev–Trinajstić information content (AvgIpc) is 2.60. The van der Waals surface area contributed by atoms with Crippen LogP contribution in [0.15, 0.2) is 24.3 Å². The third-order valence-electron chi connectivity index (χ3n) is 4.45. The molecule has 5 nitrogen and oxygen atoms in total. The van der Waals surface area contributed by atoms with Crippen LogP contribution in [-0.2, 0) is 9.53 Å². The maximum Gasteiger partial charge on any atom is 0.311 e. The molecule has 0 saturated carbocycles. The van der Waals surface area contributed by atoms with Gasteiger partial charge in [-0.3, -0.25) is 4.79 Å². The van der Waals surface area contributed by atoms with Gasteiger partial charge in [-0.2, -0.15) is 0 Å². The zero-order valence-electron chi connectivity index (χ0n) is 13.2. The number of hydrogen-bond donors (Lipinski definition) is 0. The molecule has 3 rings (SSSR count). The van der Waals surface area contributed by atoms with Crippen LogP contribution < -0.4 is 9.47 Å². The lowest BCUT2D eigenvalue weighted by molar-refractivity contribution is -0.147. The molecule has 23 heavy (non-hydrogen) atoms. The Morgan fingerprint density at radius 3 is 2.96 bits per heavy atom. The summed E-state index contributed by atoms with van der Waals surface area (Å²) in [4.78, 5) is 14.0. The van der Waals surface area contributed by atoms with E-state index in [1.54, 1.807) is 0 Å². The predicted molar refractivity (Wildman–Crippen MR) is 87.2 cm³/mol. The molecule has 2 aliphatic heterocycles. The molecule has 0 aromatic heterocycles. The number of alkyl halides is 1. The van der Waals surface area contributed by atoms with E-state index in [9.17, 15) is 4.79 Å². The number of hydrogen-bond acceptors (Lipinski definition) is 5. The Bertz CT molecular complexity index is 553. The van der Waals surface area contributed by atoms with Crippen molar-refractivity contribution in [2.24, 2.45) is 5.92 Å². The van der Waals surface area contributed by atoms with Crippen LogP contribution in [0.4, 0.5) is 0 Å². The lowest BCUT2D eigenvalue weighted by Gasteiger charge is -2.35. The predicted octanol–water partition coefficient (Wildman–Crippen LogP) is 2.32. The van der Waals surface area contributed by atoms with Gasteiger partial charge in [0, 0.05) is 24.9 Å². The van der Waals surface area contributed by atoms with Crippen molar-refractivity contribution in [3.05, 3.63) is 24.3 Å². The summed E-state index contributed by atoms with van der Waals surface area (Å²) in [6.07, 6.45) is 1.69. The highest BCUT2D eigenvalue weighted by molar-refractivity contribution is 6.22. The number of carbonyl (C=O) groups excluding carboxylic acids is 1. The van der Waals surface area contributed by atoms with E-state index in [1.165, 1.54) is 7.11 Å². The van der Waals surface area contributed by atoms with E-state index in [1.807, 2.05) is 24.3 Å². The third kappa shape index (κ3) is 3.90. The quantitative estimate of drug-likeness (QED) is 0.622. The minimum atomic E-state index is -0.250. The molecule has 0 bridgehead atoms. The van der Waals surface area contributed by atoms with Gasteiger partial charge in [0.25, 0.3) is 0 Å². The molecule has 0 amide bonds. The summed E-state index contributed by atoms with van der Waals surface area (Å²) in [5, 5.41) is -0.139. The van der Waals surface area contributed by atoms with E-state index in [2.05, 4.69) is 4.90 Å². The molecule has 1 aromatic rings. The number of likely N-dealkylation sites (tertiary alicyclic amines) is 1. The van der Waals surface area contributed by atoms with Gasteiger partial charge in [-0.1, -0.05) is 12.1 Å². The highest BCUT2D eigenvalue weighted by atomic mass is 35.5. The zero-order chi connectivity index (χ0) is 16.2. The van der Waals surface area contributed by atoms with Gasteiger partial charge >= 0.3 is 5.97 Å². The number of ether oxygens (including phenoxy) is 3. The van der Waals surface area contributed by atoms with Gasteiger partial charge in [0.2, 0.25) is 0 Å². The molecule has 0 N–H and O–H groups in total. The number of nitrogens with zero attached hydrogens (tertiary/aromatic N) is 1. The Hall–Kier alpha value is -1.46. The molecule has 1 saturated heterocycles. The van der Waals surface area contributed by atoms with Crippen molar-refractivity contribution in [1.29, 1.82) is 0 Å². The Balaban J connectivity index is 1.50. The van der Waals surface area contributed by atoms with Crippen LogP contribution >= 0.6 is 11.6 Å². The maximum atomic E-state index is 11.8. The number of esters is 1. The van der Waals surface area contributed by atoms with Gasteiger partial charge in [0.05, 0.1) is 13.0 Å². The summed E-state index contributed by atoms with van der Waals surface area (Å²) >= 11 is 6.25. The molecule has 0 spiro atoms. The standard InChI is InChI=1S/C17H22ClNO4/c1-21-17(20)13-10-19(9-7-14(13)18)8-6-12-11-22-15-4-2-3-5-16(15)23-12/h2-5,12-14H,6-11H2,1H3/t12?,13-,14-/m0/s1. The van der Waals surface area contributed by atoms with Crippen molar-refractivity contribution in [1.82, 2.24) is 4.90 Å². The van der Waals surface area contributed by atoms with Gasteiger partial charge in [-0.25, -0.2) is 0 Å². The minimum absolute atomic E-state index is 0.0372. The van der Waals surface area contributed by atoms with Crippen LogP contribution in [0.2, 0.25) is 0 Å². The first kappa shape index (κ1) is 16.4. The summed E-state index contributed by atoms with van der Waals surface area (Å²) in [5.41, 5.74) is 0. The Morgan fingerprint density at radius 2 is 2.17 bits per heavy atom. The number of fused-ring (bicyclic) bond motifs is 1. The first-order valence-electron chi connectivity index (χ1n) is 8.00. The van der Waals surface area contributed by atoms with Crippen molar-refractivity contribution < 1.29 is 19.0 Å². The highest BCUT2D eigenvalue weighted by Gasteiger charge is 2.34. The van der Waals surface area contributed by atoms with Crippen LogP contribution in [0.5, 0.6) is 11.5 Å². The molecule has 0 aliphatic carbocycles. The highest BCUT2D eigenvalue weighted by Crippen LogP contribution is 2.32. The van der Waals surface area contributed by atoms with E-state index in [-0.39, 0.29) is 23.4 Å². The second-order valence-electron chi connectivity index (χ2n) is 6.02. The third-order valence-corrected chi connectivity index (χ3v) is 4.97. The van der Waals surface area contributed by atoms with Gasteiger partial charge < -0.3 is 19.1 Å². The number of rotatable bonds is 4. The number of benzene rings is 1. The average molecular weight is 340 g/mol. The fourth-order valence-electron chi connectivity index (χ4n) is 3.10. The number of piperidine rings is 1. The lowest BCUT2D eigenvalue weighted by atomic mass is 9.97. The summed E-state index contributed by atoms with van der Waals surface area (Å²) in [6, 6.07) is 7.72. The van der Waals surface area contributed by atoms with Gasteiger partial charge in [-0.05, 0) is 25.1 Å². The number of halogens is 1. The lowest BCUT2D eigenvalue weighted by Crippen LogP contribution is -2.46. The summed E-state index contributed by atoms with van der Waals surface area (Å²) in [6.45, 7) is 2.95. The fraction of sp³-hybridized carbons (Fsp3) is 0.588. The summed E-state index contributed by atoms with van der Waals surface area (Å²) in [7, 11) is 1.41. The van der Waals surface area contributed by atoms with Crippen molar-refractivity contribution in [2.75, 3.05) is 33.4 Å². The van der Waals surface area contributed by atoms with Crippen LogP contribution in [0.3, 0.4) is 0 Å². The minimum Gasteiger partial charge on any atom is -0.486 e. The number of carbonyl (C=O) groups is 1. The summed E-state index contributed by atoms with van der Waals surface area (Å²) in [5.74, 6) is 1.13. The molecular formula is C17H22ClNO4. The monoisotopic (exact) mass is 339 g/mol. The molecule has 0 radical (unpaired) electrons. The van der Waals surface area contributed by atoms with Crippen LogP contribution in [0, 0.1) is 5.92 Å². The molecule has 3 atom stereocenters. The molecule has 2 aliphatic rings. The second kappa shape index (κ2) is 7.41. The van der Waals surface area contributed by atoms with Crippen LogP contribution in [0.25, 0.3) is 0 Å². The molecule has 2 heterocycles. The van der Waals surface area contributed by atoms with E-state index in [4.69, 9.17) is 25.8 Å². The first-order chi connectivity index (χ1) is 11.2. The SMILES string of the molecule is COC(=O)[C@H]1CN(CCC2COc3ccccc3O2)CC[C@@H]1Cl. The molecule has 1 aromatic carbocycles. The molecule has 126 valence electrons. The Morgan fingerprint density at radius 1 is 1.39 bits per heavy atom. The van der Waals surface area contributed by atoms with Crippen molar-refractivity contribution in [2.45, 2.75) is 24.3 Å². The Kier molecular flexibility index (Phi) is 5.28. The number of methoxy groups -OCH3 is 1. The fourth-order valence-corrected chi connectivity index (χ4v) is 3.38. The van der Waals surface area contributed by atoms with E-state index in [0.717, 1.165) is 37.4 Å². The van der Waals surface area contributed by atoms with E-state index >= 15 is 0 Å². The van der Waals surface area contributed by atoms with Crippen molar-refractivity contribution in [3.8, 4) is 11.5 Å². The van der Waals surface area contributed by atoms with Crippen LogP contribution in [-0.4, -0.2) is 55.7 Å². The largest absolute Gasteiger partial charge is 0.486 e. The topological polar surface area (TPSA) is 48.0 Å². The Labute approximate surface area is 141 Å². The first-order valence-corrected chi connectivity index (χ1v) is 8.43. The van der Waals surface area contributed by atoms with Crippen molar-refractivity contribution >= 4 is 17.6 Å². The maximum absolute atomic E-state index is 11.8. The van der Waals surface area contributed by atoms with Crippen molar-refractivity contribution in [3.63, 3.8) is 0 Å². The molecule has 1 fully saturated rings. The molecule has 1 unspecified atom stereocenters. The van der Waals surface area contributed by atoms with Gasteiger partial charge in [0.15, 0.2) is 11.5 Å². The normalized spacial score (nSPS) is 27.5. The molecule has 6 heteroatoms. The van der Waals surface area contributed by atoms with E-state index in [0.29, 0.717) is 13.2 Å². The van der Waals surface area contributed by atoms with E-state index < -0.39 is 0 Å². The molecular weight excluding hydrogens is 318 g/mol. The van der Waals surface area contributed by atoms with Gasteiger partial charge in [0.1, 0.15) is 12.7 Å². The summed E-state index contributed by atoms with van der Waals surface area (Å²) < 4.78 is 16.5. The second-order valence-corrected chi connectivity index (χ2v) is 6.58. The smallest absolute Gasteiger partial charge is 0.311 e. The zero-order valence-corrected chi connectivity index (χ0v) is 14.0. The number of para-hydroxylation sites is 2. The van der Waals surface area contributed by atoms with Gasteiger partial charge in [-0.15, -0.1) is 11.6 Å².